The quantitative estimate of drug-likeness (QED) is 0.609. The number of nitrogens with one attached hydrogen (secondary N) is 2. The maximum Gasteiger partial charge on any atom is 0.315 e. The highest BCUT2D eigenvalue weighted by atomic mass is 16.5. The van der Waals surface area contributed by atoms with E-state index in [0.717, 1.165) is 16.7 Å². The summed E-state index contributed by atoms with van der Waals surface area (Å²) in [6.45, 7) is 1.81. The van der Waals surface area contributed by atoms with Crippen LogP contribution < -0.4 is 24.8 Å². The van der Waals surface area contributed by atoms with Gasteiger partial charge in [-0.15, -0.1) is 0 Å². The lowest BCUT2D eigenvalue weighted by Crippen LogP contribution is -2.39. The molecule has 176 valence electrons. The zero-order chi connectivity index (χ0) is 23.6. The lowest BCUT2D eigenvalue weighted by molar-refractivity contribution is -0.130. The molecule has 0 fully saturated rings. The fourth-order valence-corrected chi connectivity index (χ4v) is 3.73. The predicted octanol–water partition coefficient (Wildman–Crippen LogP) is 3.22. The lowest BCUT2D eigenvalue weighted by Gasteiger charge is -2.28. The van der Waals surface area contributed by atoms with Crippen molar-refractivity contribution in [2.75, 3.05) is 41.0 Å². The van der Waals surface area contributed by atoms with E-state index in [2.05, 4.69) is 10.6 Å². The van der Waals surface area contributed by atoms with E-state index in [1.165, 1.54) is 0 Å². The Hall–Kier alpha value is -3.68. The molecule has 0 unspecified atom stereocenters. The van der Waals surface area contributed by atoms with Crippen LogP contribution in [0, 0.1) is 0 Å². The average Bonchev–Trinajstić information content (AvgIpc) is 2.87. The minimum Gasteiger partial charge on any atom is -0.496 e. The number of benzene rings is 2. The maximum atomic E-state index is 12.6. The minimum atomic E-state index is -0.286. The van der Waals surface area contributed by atoms with Crippen LogP contribution in [0.5, 0.6) is 17.2 Å². The highest BCUT2D eigenvalue weighted by molar-refractivity contribution is 5.81. The first-order valence-corrected chi connectivity index (χ1v) is 10.9. The molecule has 2 aromatic rings. The molecule has 2 N–H and O–H groups in total. The zero-order valence-corrected chi connectivity index (χ0v) is 19.3. The summed E-state index contributed by atoms with van der Waals surface area (Å²) < 4.78 is 16.4. The van der Waals surface area contributed by atoms with E-state index in [4.69, 9.17) is 14.2 Å². The number of carbonyl (C=O) groups excluding carboxylic acids is 2. The molecule has 0 radical (unpaired) electrons. The summed E-state index contributed by atoms with van der Waals surface area (Å²) >= 11 is 0. The van der Waals surface area contributed by atoms with Crippen molar-refractivity contribution in [2.45, 2.75) is 19.4 Å². The van der Waals surface area contributed by atoms with Crippen LogP contribution >= 0.6 is 0 Å². The van der Waals surface area contributed by atoms with Crippen molar-refractivity contribution in [3.63, 3.8) is 0 Å². The third-order valence-electron chi connectivity index (χ3n) is 5.52. The van der Waals surface area contributed by atoms with Crippen molar-refractivity contribution in [1.29, 1.82) is 0 Å². The van der Waals surface area contributed by atoms with Crippen molar-refractivity contribution in [2.24, 2.45) is 0 Å². The average molecular weight is 454 g/mol. The van der Waals surface area contributed by atoms with Gasteiger partial charge in [-0.05, 0) is 17.6 Å². The summed E-state index contributed by atoms with van der Waals surface area (Å²) in [5.74, 6) is 1.99. The van der Waals surface area contributed by atoms with Gasteiger partial charge in [0.2, 0.25) is 5.91 Å². The molecule has 0 atom stereocenters. The molecule has 0 saturated heterocycles. The Labute approximate surface area is 194 Å². The van der Waals surface area contributed by atoms with Crippen molar-refractivity contribution in [3.8, 4) is 17.2 Å². The Balaban J connectivity index is 1.50. The summed E-state index contributed by atoms with van der Waals surface area (Å²) in [6.07, 6.45) is 2.95. The minimum absolute atomic E-state index is 0.00215. The third kappa shape index (κ3) is 6.41. The Morgan fingerprint density at radius 1 is 0.970 bits per heavy atom. The summed E-state index contributed by atoms with van der Waals surface area (Å²) in [5, 5.41) is 5.53. The monoisotopic (exact) mass is 453 g/mol. The number of urea groups is 1. The van der Waals surface area contributed by atoms with Gasteiger partial charge in [-0.25, -0.2) is 4.79 Å². The number of rotatable bonds is 9. The van der Waals surface area contributed by atoms with Crippen molar-refractivity contribution < 1.29 is 23.8 Å². The van der Waals surface area contributed by atoms with Crippen molar-refractivity contribution in [3.05, 3.63) is 59.7 Å². The second-order valence-corrected chi connectivity index (χ2v) is 7.57. The molecule has 33 heavy (non-hydrogen) atoms. The van der Waals surface area contributed by atoms with E-state index >= 15 is 0 Å². The second kappa shape index (κ2) is 11.8. The van der Waals surface area contributed by atoms with Crippen molar-refractivity contribution in [1.82, 2.24) is 15.5 Å². The normalized spacial score (nSPS) is 13.1. The van der Waals surface area contributed by atoms with Gasteiger partial charge >= 0.3 is 6.03 Å². The highest BCUT2D eigenvalue weighted by Gasteiger charge is 2.23. The standard InChI is InChI=1S/C25H31N3O5/c1-31-20-15-21(32-2)24(22(16-20)33-3)19-10-13-28(14-11-19)23(29)9-12-26-25(30)27-17-18-7-5-4-6-8-18/h4-8,10,15-16H,9,11-14,17H2,1-3H3,(H2,26,27,30). The molecule has 1 aliphatic heterocycles. The van der Waals surface area contributed by atoms with E-state index in [0.29, 0.717) is 43.3 Å². The molecule has 3 amide bonds. The van der Waals surface area contributed by atoms with E-state index in [1.807, 2.05) is 48.5 Å². The first-order valence-electron chi connectivity index (χ1n) is 10.9. The molecule has 3 rings (SSSR count). The second-order valence-electron chi connectivity index (χ2n) is 7.57. The Bertz CT molecular complexity index is 966. The first kappa shape index (κ1) is 24.0. The van der Waals surface area contributed by atoms with Crippen LogP contribution in [0.1, 0.15) is 24.0 Å². The Kier molecular flexibility index (Phi) is 8.57. The molecule has 8 heteroatoms. The molecule has 0 spiro atoms. The predicted molar refractivity (Wildman–Crippen MR) is 127 cm³/mol. The van der Waals surface area contributed by atoms with Crippen LogP contribution in [0.4, 0.5) is 4.79 Å². The number of ether oxygens (including phenoxy) is 3. The Morgan fingerprint density at radius 2 is 1.67 bits per heavy atom. The fraction of sp³-hybridized carbons (Fsp3) is 0.360. The molecule has 1 heterocycles. The van der Waals surface area contributed by atoms with Gasteiger partial charge < -0.3 is 29.7 Å². The number of amides is 3. The SMILES string of the molecule is COc1cc(OC)c(C2=CCN(C(=O)CCNC(=O)NCc3ccccc3)CC2)c(OC)c1. The molecule has 0 saturated carbocycles. The zero-order valence-electron chi connectivity index (χ0n) is 19.3. The fourth-order valence-electron chi connectivity index (χ4n) is 3.73. The molecule has 8 nitrogen and oxygen atoms in total. The lowest BCUT2D eigenvalue weighted by atomic mass is 9.97. The number of hydrogen-bond donors (Lipinski definition) is 2. The third-order valence-corrected chi connectivity index (χ3v) is 5.52. The topological polar surface area (TPSA) is 89.1 Å². The van der Waals surface area contributed by atoms with E-state index < -0.39 is 0 Å². The van der Waals surface area contributed by atoms with Gasteiger partial charge in [0.25, 0.3) is 0 Å². The summed E-state index contributed by atoms with van der Waals surface area (Å²) in [5.41, 5.74) is 2.96. The van der Waals surface area contributed by atoms with Crippen LogP contribution in [0.15, 0.2) is 48.5 Å². The molecule has 0 aliphatic carbocycles. The Morgan fingerprint density at radius 3 is 2.24 bits per heavy atom. The van der Waals surface area contributed by atoms with Crippen LogP contribution in [-0.2, 0) is 11.3 Å². The number of methoxy groups -OCH3 is 3. The molecule has 0 bridgehead atoms. The molecular formula is C25H31N3O5. The van der Waals surface area contributed by atoms with Gasteiger partial charge in [0.1, 0.15) is 17.2 Å². The van der Waals surface area contributed by atoms with Gasteiger partial charge in [0.15, 0.2) is 0 Å². The van der Waals surface area contributed by atoms with Crippen LogP contribution in [0.3, 0.4) is 0 Å². The van der Waals surface area contributed by atoms with E-state index in [9.17, 15) is 9.59 Å². The number of hydrogen-bond acceptors (Lipinski definition) is 5. The van der Waals surface area contributed by atoms with Gasteiger partial charge in [0, 0.05) is 44.7 Å². The molecule has 0 aromatic heterocycles. The van der Waals surface area contributed by atoms with Gasteiger partial charge in [0.05, 0.1) is 26.9 Å². The summed E-state index contributed by atoms with van der Waals surface area (Å²) in [7, 11) is 4.82. The van der Waals surface area contributed by atoms with Crippen LogP contribution in [0.25, 0.3) is 5.57 Å². The first-order chi connectivity index (χ1) is 16.0. The van der Waals surface area contributed by atoms with Crippen LogP contribution in [-0.4, -0.2) is 57.8 Å². The van der Waals surface area contributed by atoms with Gasteiger partial charge in [-0.1, -0.05) is 36.4 Å². The molecule has 1 aliphatic rings. The van der Waals surface area contributed by atoms with E-state index in [1.54, 1.807) is 26.2 Å². The molecule has 2 aromatic carbocycles. The van der Waals surface area contributed by atoms with Gasteiger partial charge in [-0.2, -0.15) is 0 Å². The maximum absolute atomic E-state index is 12.6. The smallest absolute Gasteiger partial charge is 0.315 e. The highest BCUT2D eigenvalue weighted by Crippen LogP contribution is 2.40. The summed E-state index contributed by atoms with van der Waals surface area (Å²) in [4.78, 5) is 26.3. The summed E-state index contributed by atoms with van der Waals surface area (Å²) in [6, 6.07) is 13.0. The number of nitrogens with zero attached hydrogens (tertiary/aromatic N) is 1. The molecular weight excluding hydrogens is 422 g/mol. The van der Waals surface area contributed by atoms with E-state index in [-0.39, 0.29) is 24.9 Å². The van der Waals surface area contributed by atoms with Crippen LogP contribution in [0.2, 0.25) is 0 Å². The number of carbonyl (C=O) groups is 2. The van der Waals surface area contributed by atoms with Gasteiger partial charge in [-0.3, -0.25) is 4.79 Å². The van der Waals surface area contributed by atoms with Crippen molar-refractivity contribution >= 4 is 17.5 Å². The largest absolute Gasteiger partial charge is 0.496 e.